The number of aliphatic imine (C=N–C) groups is 1. The van der Waals surface area contributed by atoms with Crippen LogP contribution < -0.4 is 5.32 Å². The van der Waals surface area contributed by atoms with Crippen LogP contribution in [0.25, 0.3) is 0 Å². The standard InChI is InChI=1S/C19H37N3O2/c1-3-20-19(21-12-6-14-24-18-7-4-5-8-18)22(2)13-9-17-10-15-23-16-11-17/h17-18H,3-16H2,1-2H3,(H,20,21). The first-order chi connectivity index (χ1) is 11.8. The maximum atomic E-state index is 5.92. The van der Waals surface area contributed by atoms with Crippen LogP contribution in [-0.4, -0.2) is 63.5 Å². The van der Waals surface area contributed by atoms with Crippen molar-refractivity contribution >= 4 is 5.96 Å². The Hall–Kier alpha value is -0.810. The van der Waals surface area contributed by atoms with Gasteiger partial charge in [-0.25, -0.2) is 0 Å². The summed E-state index contributed by atoms with van der Waals surface area (Å²) in [5.74, 6) is 1.84. The summed E-state index contributed by atoms with van der Waals surface area (Å²) in [4.78, 5) is 7.04. The predicted molar refractivity (Wildman–Crippen MR) is 99.6 cm³/mol. The molecule has 0 unspecified atom stereocenters. The zero-order valence-corrected chi connectivity index (χ0v) is 15.8. The molecule has 0 aromatic carbocycles. The van der Waals surface area contributed by atoms with Crippen LogP contribution >= 0.6 is 0 Å². The minimum absolute atomic E-state index is 0.518. The number of hydrogen-bond donors (Lipinski definition) is 1. The quantitative estimate of drug-likeness (QED) is 0.398. The van der Waals surface area contributed by atoms with E-state index < -0.39 is 0 Å². The first-order valence-corrected chi connectivity index (χ1v) is 9.98. The van der Waals surface area contributed by atoms with Crippen molar-refractivity contribution in [3.05, 3.63) is 0 Å². The van der Waals surface area contributed by atoms with E-state index in [0.29, 0.717) is 6.10 Å². The van der Waals surface area contributed by atoms with Crippen molar-refractivity contribution in [2.45, 2.75) is 64.4 Å². The molecule has 2 aliphatic rings. The van der Waals surface area contributed by atoms with Gasteiger partial charge in [-0.2, -0.15) is 0 Å². The van der Waals surface area contributed by atoms with Gasteiger partial charge in [-0.3, -0.25) is 4.99 Å². The summed E-state index contributed by atoms with van der Waals surface area (Å²) in [6.45, 7) is 7.67. The highest BCUT2D eigenvalue weighted by Crippen LogP contribution is 2.21. The van der Waals surface area contributed by atoms with Gasteiger partial charge in [0, 0.05) is 46.5 Å². The first kappa shape index (κ1) is 19.5. The van der Waals surface area contributed by atoms with Crippen LogP contribution in [0.5, 0.6) is 0 Å². The van der Waals surface area contributed by atoms with Crippen molar-refractivity contribution in [2.24, 2.45) is 10.9 Å². The Balaban J connectivity index is 1.63. The first-order valence-electron chi connectivity index (χ1n) is 9.98. The molecule has 0 radical (unpaired) electrons. The Morgan fingerprint density at radius 2 is 1.96 bits per heavy atom. The van der Waals surface area contributed by atoms with E-state index in [2.05, 4.69) is 24.2 Å². The van der Waals surface area contributed by atoms with Crippen LogP contribution in [0.15, 0.2) is 4.99 Å². The van der Waals surface area contributed by atoms with Crippen LogP contribution in [0.3, 0.4) is 0 Å². The van der Waals surface area contributed by atoms with Crippen LogP contribution in [0.1, 0.15) is 58.3 Å². The fraction of sp³-hybridized carbons (Fsp3) is 0.947. The largest absolute Gasteiger partial charge is 0.381 e. The normalized spacial score (nSPS) is 20.5. The molecule has 1 aliphatic heterocycles. The van der Waals surface area contributed by atoms with Gasteiger partial charge < -0.3 is 19.7 Å². The van der Waals surface area contributed by atoms with Crippen molar-refractivity contribution in [2.75, 3.05) is 46.5 Å². The molecule has 0 bridgehead atoms. The molecule has 0 amide bonds. The lowest BCUT2D eigenvalue weighted by Crippen LogP contribution is -2.40. The predicted octanol–water partition coefficient (Wildman–Crippen LogP) is 3.05. The van der Waals surface area contributed by atoms with E-state index in [1.807, 2.05) is 0 Å². The van der Waals surface area contributed by atoms with E-state index in [0.717, 1.165) is 57.8 Å². The topological polar surface area (TPSA) is 46.1 Å². The highest BCUT2D eigenvalue weighted by atomic mass is 16.5. The second-order valence-electron chi connectivity index (χ2n) is 7.13. The molecule has 0 atom stereocenters. The molecule has 24 heavy (non-hydrogen) atoms. The zero-order chi connectivity index (χ0) is 17.0. The van der Waals surface area contributed by atoms with Gasteiger partial charge in [0.2, 0.25) is 0 Å². The summed E-state index contributed by atoms with van der Waals surface area (Å²) in [6, 6.07) is 0. The summed E-state index contributed by atoms with van der Waals surface area (Å²) in [7, 11) is 2.15. The lowest BCUT2D eigenvalue weighted by molar-refractivity contribution is 0.0579. The third kappa shape index (κ3) is 7.39. The van der Waals surface area contributed by atoms with Crippen molar-refractivity contribution in [1.82, 2.24) is 10.2 Å². The maximum absolute atomic E-state index is 5.92. The van der Waals surface area contributed by atoms with E-state index in [1.165, 1.54) is 44.9 Å². The number of guanidine groups is 1. The van der Waals surface area contributed by atoms with E-state index >= 15 is 0 Å². The van der Waals surface area contributed by atoms with Gasteiger partial charge in [-0.1, -0.05) is 12.8 Å². The molecular formula is C19H37N3O2. The van der Waals surface area contributed by atoms with Gasteiger partial charge in [0.25, 0.3) is 0 Å². The Kier molecular flexibility index (Phi) is 9.51. The summed E-state index contributed by atoms with van der Waals surface area (Å²) in [5.41, 5.74) is 0. The molecule has 5 nitrogen and oxygen atoms in total. The van der Waals surface area contributed by atoms with Crippen LogP contribution in [0.4, 0.5) is 0 Å². The lowest BCUT2D eigenvalue weighted by Gasteiger charge is -2.26. The van der Waals surface area contributed by atoms with Crippen LogP contribution in [-0.2, 0) is 9.47 Å². The smallest absolute Gasteiger partial charge is 0.193 e. The highest BCUT2D eigenvalue weighted by molar-refractivity contribution is 5.79. The SMILES string of the molecule is CCNC(=NCCCOC1CCCC1)N(C)CCC1CCOCC1. The van der Waals surface area contributed by atoms with E-state index in [4.69, 9.17) is 14.5 Å². The van der Waals surface area contributed by atoms with Crippen molar-refractivity contribution in [3.8, 4) is 0 Å². The number of ether oxygens (including phenoxy) is 2. The van der Waals surface area contributed by atoms with Gasteiger partial charge >= 0.3 is 0 Å². The van der Waals surface area contributed by atoms with Gasteiger partial charge in [-0.15, -0.1) is 0 Å². The van der Waals surface area contributed by atoms with Crippen molar-refractivity contribution in [1.29, 1.82) is 0 Å². The fourth-order valence-electron chi connectivity index (χ4n) is 3.54. The summed E-state index contributed by atoms with van der Waals surface area (Å²) in [5, 5.41) is 3.41. The van der Waals surface area contributed by atoms with Crippen molar-refractivity contribution < 1.29 is 9.47 Å². The number of rotatable bonds is 9. The second kappa shape index (κ2) is 11.7. The molecular weight excluding hydrogens is 302 g/mol. The molecule has 2 rings (SSSR count). The van der Waals surface area contributed by atoms with Gasteiger partial charge in [-0.05, 0) is 51.4 Å². The number of hydrogen-bond acceptors (Lipinski definition) is 3. The van der Waals surface area contributed by atoms with Gasteiger partial charge in [0.15, 0.2) is 5.96 Å². The summed E-state index contributed by atoms with van der Waals surface area (Å²) >= 11 is 0. The number of nitrogens with zero attached hydrogens (tertiary/aromatic N) is 2. The molecule has 1 aliphatic carbocycles. The molecule has 0 spiro atoms. The third-order valence-corrected chi connectivity index (χ3v) is 5.13. The Labute approximate surface area is 148 Å². The van der Waals surface area contributed by atoms with Crippen molar-refractivity contribution in [3.63, 3.8) is 0 Å². The van der Waals surface area contributed by atoms with Gasteiger partial charge in [0.05, 0.1) is 6.10 Å². The molecule has 2 fully saturated rings. The van der Waals surface area contributed by atoms with Crippen LogP contribution in [0.2, 0.25) is 0 Å². The molecule has 1 heterocycles. The molecule has 140 valence electrons. The summed E-state index contributed by atoms with van der Waals surface area (Å²) < 4.78 is 11.4. The Bertz CT molecular complexity index is 351. The minimum Gasteiger partial charge on any atom is -0.381 e. The lowest BCUT2D eigenvalue weighted by atomic mass is 9.96. The summed E-state index contributed by atoms with van der Waals surface area (Å²) in [6.07, 6.45) is 10.4. The molecule has 5 heteroatoms. The average Bonchev–Trinajstić information content (AvgIpc) is 3.13. The second-order valence-corrected chi connectivity index (χ2v) is 7.13. The van der Waals surface area contributed by atoms with E-state index in [1.54, 1.807) is 0 Å². The van der Waals surface area contributed by atoms with Gasteiger partial charge in [0.1, 0.15) is 0 Å². The molecule has 1 saturated carbocycles. The highest BCUT2D eigenvalue weighted by Gasteiger charge is 2.16. The molecule has 1 saturated heterocycles. The molecule has 0 aromatic heterocycles. The fourth-order valence-corrected chi connectivity index (χ4v) is 3.54. The van der Waals surface area contributed by atoms with E-state index in [9.17, 15) is 0 Å². The minimum atomic E-state index is 0.518. The zero-order valence-electron chi connectivity index (χ0n) is 15.8. The van der Waals surface area contributed by atoms with E-state index in [-0.39, 0.29) is 0 Å². The Morgan fingerprint density at radius 1 is 1.21 bits per heavy atom. The third-order valence-electron chi connectivity index (χ3n) is 5.13. The Morgan fingerprint density at radius 3 is 2.67 bits per heavy atom. The molecule has 0 aromatic rings. The molecule has 1 N–H and O–H groups in total. The van der Waals surface area contributed by atoms with Crippen LogP contribution in [0, 0.1) is 5.92 Å². The average molecular weight is 340 g/mol. The maximum Gasteiger partial charge on any atom is 0.193 e. The number of nitrogens with one attached hydrogen (secondary N) is 1. The monoisotopic (exact) mass is 339 g/mol.